The van der Waals surface area contributed by atoms with E-state index in [1.165, 1.54) is 6.07 Å². The summed E-state index contributed by atoms with van der Waals surface area (Å²) in [7, 11) is 2.65. The van der Waals surface area contributed by atoms with Gasteiger partial charge >= 0.3 is 0 Å². The first-order chi connectivity index (χ1) is 12.9. The number of hydrogen-bond acceptors (Lipinski definition) is 7. The van der Waals surface area contributed by atoms with Crippen LogP contribution in [0.15, 0.2) is 63.7 Å². The smallest absolute Gasteiger partial charge is 0.296 e. The molecule has 0 fully saturated rings. The molecule has 9 heteroatoms. The van der Waals surface area contributed by atoms with E-state index in [9.17, 15) is 13.5 Å². The summed E-state index contributed by atoms with van der Waals surface area (Å²) in [6.07, 6.45) is 0. The Bertz CT molecular complexity index is 1130. The van der Waals surface area contributed by atoms with Gasteiger partial charge in [0.1, 0.15) is 11.4 Å². The van der Waals surface area contributed by atoms with Crippen molar-refractivity contribution in [2.75, 3.05) is 12.3 Å². The minimum atomic E-state index is -3.95. The number of aryl methyl sites for hydroxylation is 1. The lowest BCUT2D eigenvalue weighted by Crippen LogP contribution is -2.02. The van der Waals surface area contributed by atoms with Crippen molar-refractivity contribution in [3.05, 3.63) is 54.1 Å². The third-order valence-electron chi connectivity index (χ3n) is 4.01. The maximum atomic E-state index is 11.9. The molecule has 0 spiro atoms. The lowest BCUT2D eigenvalue weighted by atomic mass is 10.1. The predicted octanol–water partition coefficient (Wildman–Crippen LogP) is 4.10. The summed E-state index contributed by atoms with van der Waals surface area (Å²) in [6, 6.07) is 13.1. The van der Waals surface area contributed by atoms with E-state index in [2.05, 4.69) is 19.6 Å². The number of anilines is 1. The highest BCUT2D eigenvalue weighted by molar-refractivity contribution is 7.86. The highest BCUT2D eigenvalue weighted by atomic mass is 32.2. The number of hydrogen-bond donors (Lipinski definition) is 2. The van der Waals surface area contributed by atoms with Crippen molar-refractivity contribution in [1.29, 1.82) is 0 Å². The average Bonchev–Trinajstić information content (AvgIpc) is 2.66. The molecule has 7 nitrogen and oxygen atoms in total. The van der Waals surface area contributed by atoms with Crippen LogP contribution in [0.2, 0.25) is 0 Å². The van der Waals surface area contributed by atoms with Crippen LogP contribution in [0.4, 0.5) is 17.1 Å². The standard InChI is InChI=1S/C18H16BN3O4S/c1-11-3-6-13(7-4-11)21-22-18-15(20-19)8-5-12-9-14(27(24,25)26-2)10-16(23)17(12)18/h3-10,20,23H,1-2H3. The largest absolute Gasteiger partial charge is 0.507 e. The number of phenolic OH excluding ortho intramolecular Hbond substituents is 1. The molecule has 0 aromatic heterocycles. The number of nitrogens with zero attached hydrogens (tertiary/aromatic N) is 2. The average molecular weight is 381 g/mol. The minimum Gasteiger partial charge on any atom is -0.507 e. The summed E-state index contributed by atoms with van der Waals surface area (Å²) in [4.78, 5) is -0.162. The van der Waals surface area contributed by atoms with Crippen molar-refractivity contribution in [3.8, 4) is 5.75 Å². The quantitative estimate of drug-likeness (QED) is 0.394. The Morgan fingerprint density at radius 1 is 1.07 bits per heavy atom. The van der Waals surface area contributed by atoms with Crippen LogP contribution in [0.1, 0.15) is 5.56 Å². The van der Waals surface area contributed by atoms with Crippen LogP contribution in [-0.4, -0.2) is 28.6 Å². The van der Waals surface area contributed by atoms with E-state index in [0.29, 0.717) is 22.1 Å². The van der Waals surface area contributed by atoms with Crippen LogP contribution in [0.3, 0.4) is 0 Å². The van der Waals surface area contributed by atoms with Gasteiger partial charge in [-0.2, -0.15) is 13.5 Å². The second kappa shape index (κ2) is 7.38. The van der Waals surface area contributed by atoms with Gasteiger partial charge in [-0.25, -0.2) is 0 Å². The zero-order chi connectivity index (χ0) is 19.6. The van der Waals surface area contributed by atoms with Crippen LogP contribution in [0.25, 0.3) is 10.8 Å². The van der Waals surface area contributed by atoms with E-state index in [1.807, 2.05) is 31.2 Å². The Kier molecular flexibility index (Phi) is 5.16. The van der Waals surface area contributed by atoms with Crippen LogP contribution >= 0.6 is 0 Å². The molecule has 0 bridgehead atoms. The summed E-state index contributed by atoms with van der Waals surface area (Å²) >= 11 is 0. The summed E-state index contributed by atoms with van der Waals surface area (Å²) < 4.78 is 28.4. The molecule has 0 unspecified atom stereocenters. The fraction of sp³-hybridized carbons (Fsp3) is 0.111. The summed E-state index contributed by atoms with van der Waals surface area (Å²) in [5, 5.41) is 22.1. The van der Waals surface area contributed by atoms with Crippen LogP contribution in [0.5, 0.6) is 5.75 Å². The molecule has 2 N–H and O–H groups in total. The Balaban J connectivity index is 2.19. The second-order valence-corrected chi connectivity index (χ2v) is 7.52. The SMILES string of the molecule is [B]Nc1ccc2cc(S(=O)(=O)OC)cc(O)c2c1N=Nc1ccc(C)cc1. The van der Waals surface area contributed by atoms with Crippen molar-refractivity contribution in [2.45, 2.75) is 11.8 Å². The van der Waals surface area contributed by atoms with Crippen molar-refractivity contribution >= 4 is 45.9 Å². The molecule has 3 aromatic carbocycles. The van der Waals surface area contributed by atoms with Gasteiger partial charge in [-0.15, -0.1) is 5.11 Å². The molecular weight excluding hydrogens is 365 g/mol. The Morgan fingerprint density at radius 3 is 2.41 bits per heavy atom. The van der Waals surface area contributed by atoms with E-state index >= 15 is 0 Å². The fourth-order valence-corrected chi connectivity index (χ4v) is 3.30. The van der Waals surface area contributed by atoms with Crippen molar-refractivity contribution < 1.29 is 17.7 Å². The first-order valence-electron chi connectivity index (χ1n) is 7.91. The molecule has 27 heavy (non-hydrogen) atoms. The molecule has 0 saturated carbocycles. The highest BCUT2D eigenvalue weighted by Crippen LogP contribution is 2.41. The number of rotatable bonds is 5. The molecule has 0 aliphatic rings. The van der Waals surface area contributed by atoms with E-state index in [0.717, 1.165) is 18.7 Å². The van der Waals surface area contributed by atoms with Gasteiger partial charge in [-0.1, -0.05) is 23.8 Å². The molecule has 3 rings (SSSR count). The van der Waals surface area contributed by atoms with E-state index < -0.39 is 10.1 Å². The van der Waals surface area contributed by atoms with Gasteiger partial charge < -0.3 is 10.3 Å². The molecule has 0 atom stereocenters. The van der Waals surface area contributed by atoms with Crippen molar-refractivity contribution in [3.63, 3.8) is 0 Å². The van der Waals surface area contributed by atoms with Crippen LogP contribution in [-0.2, 0) is 14.3 Å². The van der Waals surface area contributed by atoms with Gasteiger partial charge in [0.05, 0.1) is 23.1 Å². The number of nitrogens with one attached hydrogen (secondary N) is 1. The van der Waals surface area contributed by atoms with Gasteiger partial charge in [0, 0.05) is 11.8 Å². The molecule has 0 saturated heterocycles. The molecule has 0 heterocycles. The molecule has 3 aromatic rings. The summed E-state index contributed by atoms with van der Waals surface area (Å²) in [6.45, 7) is 1.96. The number of benzene rings is 3. The molecular formula is C18H16BN3O4S. The maximum absolute atomic E-state index is 11.9. The molecule has 0 amide bonds. The molecule has 0 aliphatic heterocycles. The Labute approximate surface area is 158 Å². The monoisotopic (exact) mass is 381 g/mol. The van der Waals surface area contributed by atoms with Crippen molar-refractivity contribution in [2.24, 2.45) is 10.2 Å². The molecule has 136 valence electrons. The normalized spacial score (nSPS) is 11.9. The lowest BCUT2D eigenvalue weighted by molar-refractivity contribution is 0.397. The predicted molar refractivity (Wildman–Crippen MR) is 105 cm³/mol. The highest BCUT2D eigenvalue weighted by Gasteiger charge is 2.18. The van der Waals surface area contributed by atoms with Crippen molar-refractivity contribution in [1.82, 2.24) is 0 Å². The van der Waals surface area contributed by atoms with Gasteiger partial charge in [0.2, 0.25) is 7.98 Å². The van der Waals surface area contributed by atoms with Gasteiger partial charge in [-0.3, -0.25) is 4.18 Å². The zero-order valence-electron chi connectivity index (χ0n) is 14.7. The fourth-order valence-electron chi connectivity index (χ4n) is 2.58. The maximum Gasteiger partial charge on any atom is 0.296 e. The second-order valence-electron chi connectivity index (χ2n) is 5.80. The van der Waals surface area contributed by atoms with E-state index in [4.69, 9.17) is 7.98 Å². The van der Waals surface area contributed by atoms with Gasteiger partial charge in [-0.05, 0) is 36.6 Å². The molecule has 2 radical (unpaired) electrons. The number of azo groups is 1. The first kappa shape index (κ1) is 18.9. The minimum absolute atomic E-state index is 0.162. The third-order valence-corrected chi connectivity index (χ3v) is 5.26. The topological polar surface area (TPSA) is 100 Å². The lowest BCUT2D eigenvalue weighted by Gasteiger charge is -2.11. The Hall–Kier alpha value is -2.91. The number of phenols is 1. The van der Waals surface area contributed by atoms with Crippen LogP contribution < -0.4 is 5.23 Å². The Morgan fingerprint density at radius 2 is 1.78 bits per heavy atom. The van der Waals surface area contributed by atoms with Gasteiger partial charge in [0.25, 0.3) is 10.1 Å². The number of aromatic hydroxyl groups is 1. The van der Waals surface area contributed by atoms with E-state index in [1.54, 1.807) is 12.1 Å². The summed E-state index contributed by atoms with van der Waals surface area (Å²) in [5.74, 6) is -0.280. The first-order valence-corrected chi connectivity index (χ1v) is 9.32. The van der Waals surface area contributed by atoms with Crippen LogP contribution in [0, 0.1) is 6.92 Å². The van der Waals surface area contributed by atoms with Gasteiger partial charge in [0.15, 0.2) is 0 Å². The summed E-state index contributed by atoms with van der Waals surface area (Å²) in [5.41, 5.74) is 2.43. The zero-order valence-corrected chi connectivity index (χ0v) is 15.5. The molecule has 0 aliphatic carbocycles. The number of fused-ring (bicyclic) bond motifs is 1. The third kappa shape index (κ3) is 3.79. The van der Waals surface area contributed by atoms with E-state index in [-0.39, 0.29) is 16.3 Å².